The minimum atomic E-state index is -0.437. The number of unbranched alkanes of at least 4 members (excludes halogenated alkanes) is 1. The molecule has 2 aliphatic rings. The number of hydrogen-bond donors (Lipinski definition) is 0. The van der Waals surface area contributed by atoms with Crippen LogP contribution in [0, 0.1) is 10.1 Å². The number of amides is 1. The van der Waals surface area contributed by atoms with Crippen molar-refractivity contribution in [2.45, 2.75) is 45.6 Å². The van der Waals surface area contributed by atoms with Gasteiger partial charge in [-0.25, -0.2) is 5.01 Å². The molecule has 0 aliphatic carbocycles. The fourth-order valence-electron chi connectivity index (χ4n) is 3.74. The van der Waals surface area contributed by atoms with Crippen LogP contribution >= 0.6 is 0 Å². The molecule has 2 aromatic rings. The van der Waals surface area contributed by atoms with Gasteiger partial charge in [-0.1, -0.05) is 13.3 Å². The third-order valence-electron chi connectivity index (χ3n) is 5.35. The van der Waals surface area contributed by atoms with Crippen molar-refractivity contribution in [2.24, 2.45) is 5.10 Å². The van der Waals surface area contributed by atoms with Gasteiger partial charge in [0.1, 0.15) is 0 Å². The normalized spacial score (nSPS) is 17.2. The van der Waals surface area contributed by atoms with Crippen molar-refractivity contribution in [2.75, 3.05) is 6.79 Å². The van der Waals surface area contributed by atoms with Crippen LogP contribution in [0.25, 0.3) is 0 Å². The predicted octanol–water partition coefficient (Wildman–Crippen LogP) is 4.04. The van der Waals surface area contributed by atoms with Gasteiger partial charge in [-0.3, -0.25) is 14.9 Å². The number of non-ortho nitro benzene ring substituents is 1. The van der Waals surface area contributed by atoms with Crippen molar-refractivity contribution >= 4 is 17.3 Å². The largest absolute Gasteiger partial charge is 0.454 e. The van der Waals surface area contributed by atoms with Crippen LogP contribution in [0.3, 0.4) is 0 Å². The fraction of sp³-hybridized carbons (Fsp3) is 0.364. The molecule has 4 rings (SSSR count). The van der Waals surface area contributed by atoms with E-state index in [9.17, 15) is 14.9 Å². The highest BCUT2D eigenvalue weighted by Gasteiger charge is 2.29. The number of hydrogen-bond acceptors (Lipinski definition) is 6. The standard InChI is InChI=1S/C22H23N3O5/c1-3-4-5-21(26)24-14(2)10-16-11-19-20(30-13-29-19)12-18(16)22(23-24)15-6-8-17(9-7-15)25(27)28/h6-9,11-12,14H,3-5,10,13H2,1-2H3. The Bertz CT molecular complexity index is 1020. The number of nitro groups is 1. The van der Waals surface area contributed by atoms with Gasteiger partial charge in [0.05, 0.1) is 16.7 Å². The Kier molecular flexibility index (Phi) is 5.39. The molecule has 0 saturated carbocycles. The number of fused-ring (bicyclic) bond motifs is 2. The number of benzene rings is 2. The lowest BCUT2D eigenvalue weighted by atomic mass is 9.94. The molecule has 0 saturated heterocycles. The van der Waals surface area contributed by atoms with Crippen molar-refractivity contribution in [3.05, 3.63) is 63.2 Å². The number of nitro benzene ring substituents is 1. The maximum Gasteiger partial charge on any atom is 0.269 e. The summed E-state index contributed by atoms with van der Waals surface area (Å²) in [6.07, 6.45) is 2.77. The van der Waals surface area contributed by atoms with Crippen molar-refractivity contribution in [3.63, 3.8) is 0 Å². The molecule has 156 valence electrons. The van der Waals surface area contributed by atoms with Crippen LogP contribution in [0.1, 0.15) is 49.8 Å². The number of ether oxygens (including phenoxy) is 2. The van der Waals surface area contributed by atoms with Crippen molar-refractivity contribution in [3.8, 4) is 11.5 Å². The molecule has 0 aromatic heterocycles. The molecule has 0 spiro atoms. The summed E-state index contributed by atoms with van der Waals surface area (Å²) in [4.78, 5) is 23.5. The highest BCUT2D eigenvalue weighted by atomic mass is 16.7. The second kappa shape index (κ2) is 8.14. The number of nitrogens with zero attached hydrogens (tertiary/aromatic N) is 3. The maximum absolute atomic E-state index is 12.9. The van der Waals surface area contributed by atoms with Crippen LogP contribution in [0.4, 0.5) is 5.69 Å². The van der Waals surface area contributed by atoms with Crippen LogP contribution in [0.2, 0.25) is 0 Å². The summed E-state index contributed by atoms with van der Waals surface area (Å²) < 4.78 is 11.1. The highest BCUT2D eigenvalue weighted by Crippen LogP contribution is 2.37. The van der Waals surface area contributed by atoms with Gasteiger partial charge in [0.15, 0.2) is 11.5 Å². The van der Waals surface area contributed by atoms with Gasteiger partial charge >= 0.3 is 0 Å². The Hall–Kier alpha value is -3.42. The molecule has 8 heteroatoms. The molecule has 0 bridgehead atoms. The first-order valence-corrected chi connectivity index (χ1v) is 10.1. The number of rotatable bonds is 5. The van der Waals surface area contributed by atoms with Gasteiger partial charge in [-0.05, 0) is 49.6 Å². The molecule has 1 amide bonds. The van der Waals surface area contributed by atoms with E-state index >= 15 is 0 Å². The first-order valence-electron chi connectivity index (χ1n) is 10.1. The molecule has 0 fully saturated rings. The topological polar surface area (TPSA) is 94.3 Å². The summed E-state index contributed by atoms with van der Waals surface area (Å²) in [5, 5.41) is 17.4. The fourth-order valence-corrected chi connectivity index (χ4v) is 3.74. The molecule has 2 heterocycles. The zero-order valence-electron chi connectivity index (χ0n) is 17.0. The second-order valence-electron chi connectivity index (χ2n) is 7.51. The smallest absolute Gasteiger partial charge is 0.269 e. The summed E-state index contributed by atoms with van der Waals surface area (Å²) >= 11 is 0. The third kappa shape index (κ3) is 3.72. The molecular weight excluding hydrogens is 386 g/mol. The van der Waals surface area contributed by atoms with E-state index in [0.717, 1.165) is 24.0 Å². The van der Waals surface area contributed by atoms with E-state index in [0.29, 0.717) is 35.6 Å². The van der Waals surface area contributed by atoms with Crippen molar-refractivity contribution in [1.82, 2.24) is 5.01 Å². The van der Waals surface area contributed by atoms with Gasteiger partial charge < -0.3 is 9.47 Å². The zero-order valence-corrected chi connectivity index (χ0v) is 17.0. The Morgan fingerprint density at radius 3 is 2.60 bits per heavy atom. The van der Waals surface area contributed by atoms with Gasteiger partial charge in [-0.15, -0.1) is 0 Å². The molecule has 2 aromatic carbocycles. The average Bonchev–Trinajstić information content (AvgIpc) is 3.14. The summed E-state index contributed by atoms with van der Waals surface area (Å²) in [6, 6.07) is 9.90. The van der Waals surface area contributed by atoms with Gasteiger partial charge in [0.2, 0.25) is 12.7 Å². The highest BCUT2D eigenvalue weighted by molar-refractivity contribution is 6.14. The molecule has 8 nitrogen and oxygen atoms in total. The Morgan fingerprint density at radius 2 is 1.93 bits per heavy atom. The SMILES string of the molecule is CCCCC(=O)N1N=C(c2ccc([N+](=O)[O-])cc2)c2cc3c(cc2CC1C)OCO3. The van der Waals surface area contributed by atoms with E-state index in [1.54, 1.807) is 17.1 Å². The summed E-state index contributed by atoms with van der Waals surface area (Å²) in [6.45, 7) is 4.18. The molecule has 0 radical (unpaired) electrons. The van der Waals surface area contributed by atoms with E-state index < -0.39 is 4.92 Å². The average molecular weight is 409 g/mol. The molecule has 0 N–H and O–H groups in total. The van der Waals surface area contributed by atoms with E-state index in [1.165, 1.54) is 12.1 Å². The van der Waals surface area contributed by atoms with Crippen LogP contribution in [-0.2, 0) is 11.2 Å². The van der Waals surface area contributed by atoms with Gasteiger partial charge in [0.25, 0.3) is 5.69 Å². The predicted molar refractivity (Wildman–Crippen MR) is 111 cm³/mol. The van der Waals surface area contributed by atoms with Crippen molar-refractivity contribution < 1.29 is 19.2 Å². The number of hydrazone groups is 1. The van der Waals surface area contributed by atoms with Gasteiger partial charge in [-0.2, -0.15) is 5.10 Å². The van der Waals surface area contributed by atoms with Crippen LogP contribution in [0.5, 0.6) is 11.5 Å². The number of carbonyl (C=O) groups excluding carboxylic acids is 1. The van der Waals surface area contributed by atoms with E-state index in [4.69, 9.17) is 14.6 Å². The lowest BCUT2D eigenvalue weighted by Crippen LogP contribution is -2.35. The van der Waals surface area contributed by atoms with Crippen LogP contribution in [0.15, 0.2) is 41.5 Å². The molecule has 1 unspecified atom stereocenters. The lowest BCUT2D eigenvalue weighted by Gasteiger charge is -2.23. The number of carbonyl (C=O) groups is 1. The van der Waals surface area contributed by atoms with Crippen molar-refractivity contribution in [1.29, 1.82) is 0 Å². The first-order chi connectivity index (χ1) is 14.5. The molecule has 2 aliphatic heterocycles. The monoisotopic (exact) mass is 409 g/mol. The maximum atomic E-state index is 12.9. The van der Waals surface area contributed by atoms with Crippen LogP contribution in [-0.4, -0.2) is 34.4 Å². The van der Waals surface area contributed by atoms with E-state index in [1.807, 2.05) is 26.0 Å². The molecular formula is C22H23N3O5. The zero-order chi connectivity index (χ0) is 21.3. The molecule has 30 heavy (non-hydrogen) atoms. The first kappa shape index (κ1) is 19.9. The molecule has 1 atom stereocenters. The lowest BCUT2D eigenvalue weighted by molar-refractivity contribution is -0.384. The summed E-state index contributed by atoms with van der Waals surface area (Å²) in [7, 11) is 0. The van der Waals surface area contributed by atoms with E-state index in [2.05, 4.69) is 0 Å². The summed E-state index contributed by atoms with van der Waals surface area (Å²) in [5.74, 6) is 1.27. The Balaban J connectivity index is 1.82. The van der Waals surface area contributed by atoms with Gasteiger partial charge in [0, 0.05) is 29.7 Å². The Labute approximate surface area is 174 Å². The third-order valence-corrected chi connectivity index (χ3v) is 5.35. The van der Waals surface area contributed by atoms with E-state index in [-0.39, 0.29) is 24.4 Å². The second-order valence-corrected chi connectivity index (χ2v) is 7.51. The minimum absolute atomic E-state index is 0.00290. The summed E-state index contributed by atoms with van der Waals surface area (Å²) in [5.41, 5.74) is 3.12. The Morgan fingerprint density at radius 1 is 1.23 bits per heavy atom. The quantitative estimate of drug-likeness (QED) is 0.549. The van der Waals surface area contributed by atoms with Crippen LogP contribution < -0.4 is 9.47 Å². The minimum Gasteiger partial charge on any atom is -0.454 e.